The Labute approximate surface area is 105 Å². The lowest BCUT2D eigenvalue weighted by atomic mass is 10.2. The van der Waals surface area contributed by atoms with E-state index >= 15 is 0 Å². The minimum atomic E-state index is -0.473. The van der Waals surface area contributed by atoms with Gasteiger partial charge in [-0.25, -0.2) is 0 Å². The number of rotatable bonds is 6. The second-order valence-corrected chi connectivity index (χ2v) is 3.21. The molecule has 1 rings (SSSR count). The van der Waals surface area contributed by atoms with Crippen LogP contribution in [0.5, 0.6) is 0 Å². The highest BCUT2D eigenvalue weighted by atomic mass is 35.5. The third kappa shape index (κ3) is 4.56. The second kappa shape index (κ2) is 7.83. The summed E-state index contributed by atoms with van der Waals surface area (Å²) in [6.07, 6.45) is 0. The first kappa shape index (κ1) is 15.6. The number of aliphatic hydroxyl groups is 2. The van der Waals surface area contributed by atoms with E-state index in [0.29, 0.717) is 18.8 Å². The van der Waals surface area contributed by atoms with Gasteiger partial charge in [0.2, 0.25) is 0 Å². The minimum absolute atomic E-state index is 0. The molecular formula is C10H15ClN2O4. The third-order valence-electron chi connectivity index (χ3n) is 2.15. The number of aliphatic hydroxyl groups excluding tert-OH is 2. The van der Waals surface area contributed by atoms with E-state index in [1.165, 1.54) is 12.1 Å². The number of hydrogen-bond donors (Lipinski definition) is 2. The predicted molar refractivity (Wildman–Crippen MR) is 66.7 cm³/mol. The van der Waals surface area contributed by atoms with Gasteiger partial charge in [-0.3, -0.25) is 10.1 Å². The van der Waals surface area contributed by atoms with Crippen LogP contribution in [0.2, 0.25) is 0 Å². The fourth-order valence-corrected chi connectivity index (χ4v) is 1.41. The Bertz CT molecular complexity index is 356. The first-order valence-corrected chi connectivity index (χ1v) is 4.90. The van der Waals surface area contributed by atoms with Gasteiger partial charge in [0.25, 0.3) is 5.69 Å². The van der Waals surface area contributed by atoms with Gasteiger partial charge in [-0.2, -0.15) is 0 Å². The molecule has 0 saturated heterocycles. The van der Waals surface area contributed by atoms with Gasteiger partial charge in [0.1, 0.15) is 0 Å². The molecule has 7 heteroatoms. The maximum absolute atomic E-state index is 10.6. The van der Waals surface area contributed by atoms with Crippen LogP contribution in [0, 0.1) is 10.1 Å². The molecule has 0 atom stereocenters. The SMILES string of the molecule is Cl.O=[N+]([O-])c1cccc(N(CCO)CCO)c1. The van der Waals surface area contributed by atoms with Crippen molar-refractivity contribution in [1.29, 1.82) is 0 Å². The van der Waals surface area contributed by atoms with Crippen molar-refractivity contribution in [3.05, 3.63) is 34.4 Å². The molecule has 0 spiro atoms. The van der Waals surface area contributed by atoms with Gasteiger partial charge in [0, 0.05) is 30.9 Å². The molecule has 0 aliphatic carbocycles. The number of hydrogen-bond acceptors (Lipinski definition) is 5. The summed E-state index contributed by atoms with van der Waals surface area (Å²) in [5.41, 5.74) is 0.621. The Balaban J connectivity index is 0.00000256. The van der Waals surface area contributed by atoms with Crippen molar-refractivity contribution in [2.24, 2.45) is 0 Å². The van der Waals surface area contributed by atoms with Gasteiger partial charge in [-0.1, -0.05) is 6.07 Å². The van der Waals surface area contributed by atoms with E-state index in [1.807, 2.05) is 0 Å². The number of nitrogens with zero attached hydrogens (tertiary/aromatic N) is 2. The van der Waals surface area contributed by atoms with E-state index in [4.69, 9.17) is 10.2 Å². The fraction of sp³-hybridized carbons (Fsp3) is 0.400. The van der Waals surface area contributed by atoms with E-state index in [0.717, 1.165) is 0 Å². The largest absolute Gasteiger partial charge is 0.395 e. The smallest absolute Gasteiger partial charge is 0.271 e. The van der Waals surface area contributed by atoms with Crippen LogP contribution in [0.15, 0.2) is 24.3 Å². The molecular weight excluding hydrogens is 248 g/mol. The Hall–Kier alpha value is -1.37. The lowest BCUT2D eigenvalue weighted by molar-refractivity contribution is -0.384. The molecule has 0 bridgehead atoms. The van der Waals surface area contributed by atoms with E-state index < -0.39 is 4.92 Å². The highest BCUT2D eigenvalue weighted by molar-refractivity contribution is 5.85. The van der Waals surface area contributed by atoms with Gasteiger partial charge in [-0.05, 0) is 6.07 Å². The summed E-state index contributed by atoms with van der Waals surface area (Å²) in [6, 6.07) is 6.11. The van der Waals surface area contributed by atoms with Gasteiger partial charge in [0.15, 0.2) is 0 Å². The summed E-state index contributed by atoms with van der Waals surface area (Å²) in [5, 5.41) is 28.3. The summed E-state index contributed by atoms with van der Waals surface area (Å²) in [5.74, 6) is 0. The topological polar surface area (TPSA) is 86.8 Å². The second-order valence-electron chi connectivity index (χ2n) is 3.21. The van der Waals surface area contributed by atoms with Gasteiger partial charge in [0.05, 0.1) is 18.1 Å². The normalized spacial score (nSPS) is 9.53. The van der Waals surface area contributed by atoms with Crippen molar-refractivity contribution >= 4 is 23.8 Å². The Morgan fingerprint density at radius 2 is 1.82 bits per heavy atom. The highest BCUT2D eigenvalue weighted by Gasteiger charge is 2.10. The van der Waals surface area contributed by atoms with Gasteiger partial charge in [-0.15, -0.1) is 12.4 Å². The number of nitro benzene ring substituents is 1. The van der Waals surface area contributed by atoms with Crippen molar-refractivity contribution in [3.8, 4) is 0 Å². The third-order valence-corrected chi connectivity index (χ3v) is 2.15. The summed E-state index contributed by atoms with van der Waals surface area (Å²) in [6.45, 7) is 0.537. The standard InChI is InChI=1S/C10H14N2O4.ClH/c13-6-4-11(5-7-14)9-2-1-3-10(8-9)12(15)16;/h1-3,8,13-14H,4-7H2;1H. The summed E-state index contributed by atoms with van der Waals surface area (Å²) in [4.78, 5) is 11.8. The fourth-order valence-electron chi connectivity index (χ4n) is 1.41. The quantitative estimate of drug-likeness (QED) is 0.585. The van der Waals surface area contributed by atoms with Crippen molar-refractivity contribution in [2.45, 2.75) is 0 Å². The zero-order valence-electron chi connectivity index (χ0n) is 9.15. The molecule has 96 valence electrons. The molecule has 1 aromatic rings. The van der Waals surface area contributed by atoms with E-state index in [2.05, 4.69) is 0 Å². The average Bonchev–Trinajstić information content (AvgIpc) is 2.29. The molecule has 0 unspecified atom stereocenters. The van der Waals surface area contributed by atoms with Crippen LogP contribution in [-0.4, -0.2) is 41.4 Å². The molecule has 0 aliphatic rings. The molecule has 2 N–H and O–H groups in total. The van der Waals surface area contributed by atoms with Gasteiger partial charge >= 0.3 is 0 Å². The zero-order valence-corrected chi connectivity index (χ0v) is 9.97. The van der Waals surface area contributed by atoms with Crippen LogP contribution in [0.25, 0.3) is 0 Å². The summed E-state index contributed by atoms with van der Waals surface area (Å²) in [7, 11) is 0. The summed E-state index contributed by atoms with van der Waals surface area (Å²) < 4.78 is 0. The van der Waals surface area contributed by atoms with Crippen molar-refractivity contribution in [3.63, 3.8) is 0 Å². The molecule has 0 heterocycles. The Kier molecular flexibility index (Phi) is 7.20. The number of anilines is 1. The predicted octanol–water partition coefficient (Wildman–Crippen LogP) is 0.808. The Morgan fingerprint density at radius 1 is 1.24 bits per heavy atom. The zero-order chi connectivity index (χ0) is 12.0. The first-order valence-electron chi connectivity index (χ1n) is 4.90. The lowest BCUT2D eigenvalue weighted by Crippen LogP contribution is -2.29. The minimum Gasteiger partial charge on any atom is -0.395 e. The molecule has 0 fully saturated rings. The van der Waals surface area contributed by atoms with Crippen molar-refractivity contribution < 1.29 is 15.1 Å². The van der Waals surface area contributed by atoms with E-state index in [-0.39, 0.29) is 31.3 Å². The molecule has 0 amide bonds. The molecule has 0 aromatic heterocycles. The van der Waals surface area contributed by atoms with Crippen LogP contribution in [0.1, 0.15) is 0 Å². The maximum Gasteiger partial charge on any atom is 0.271 e. The van der Waals surface area contributed by atoms with Crippen LogP contribution in [-0.2, 0) is 0 Å². The van der Waals surface area contributed by atoms with Crippen LogP contribution >= 0.6 is 12.4 Å². The van der Waals surface area contributed by atoms with E-state index in [1.54, 1.807) is 17.0 Å². The summed E-state index contributed by atoms with van der Waals surface area (Å²) >= 11 is 0. The molecule has 0 aliphatic heterocycles. The molecule has 17 heavy (non-hydrogen) atoms. The molecule has 6 nitrogen and oxygen atoms in total. The van der Waals surface area contributed by atoms with E-state index in [9.17, 15) is 10.1 Å². The highest BCUT2D eigenvalue weighted by Crippen LogP contribution is 2.20. The number of halogens is 1. The van der Waals surface area contributed by atoms with Gasteiger partial charge < -0.3 is 15.1 Å². The van der Waals surface area contributed by atoms with Crippen LogP contribution < -0.4 is 4.90 Å². The first-order chi connectivity index (χ1) is 7.69. The van der Waals surface area contributed by atoms with Crippen LogP contribution in [0.3, 0.4) is 0 Å². The average molecular weight is 263 g/mol. The monoisotopic (exact) mass is 262 g/mol. The molecule has 0 radical (unpaired) electrons. The number of benzene rings is 1. The van der Waals surface area contributed by atoms with Crippen LogP contribution in [0.4, 0.5) is 11.4 Å². The number of nitro groups is 1. The Morgan fingerprint density at radius 3 is 2.29 bits per heavy atom. The van der Waals surface area contributed by atoms with Crippen molar-refractivity contribution in [2.75, 3.05) is 31.2 Å². The molecule has 1 aromatic carbocycles. The molecule has 0 saturated carbocycles. The number of non-ortho nitro benzene ring substituents is 1. The lowest BCUT2D eigenvalue weighted by Gasteiger charge is -2.22. The maximum atomic E-state index is 10.6. The van der Waals surface area contributed by atoms with Crippen molar-refractivity contribution in [1.82, 2.24) is 0 Å².